The van der Waals surface area contributed by atoms with Crippen LogP contribution in [0.25, 0.3) is 11.4 Å². The van der Waals surface area contributed by atoms with Gasteiger partial charge in [-0.3, -0.25) is 4.79 Å². The first-order valence-corrected chi connectivity index (χ1v) is 6.87. The Morgan fingerprint density at radius 1 is 1.29 bits per heavy atom. The van der Waals surface area contributed by atoms with Crippen molar-refractivity contribution in [2.45, 2.75) is 19.4 Å². The Kier molecular flexibility index (Phi) is 3.60. The average molecular weight is 287 g/mol. The summed E-state index contributed by atoms with van der Waals surface area (Å²) >= 11 is 0. The summed E-state index contributed by atoms with van der Waals surface area (Å²) in [6, 6.07) is 7.62. The van der Waals surface area contributed by atoms with E-state index in [0.717, 1.165) is 23.6 Å². The van der Waals surface area contributed by atoms with Crippen molar-refractivity contribution in [3.63, 3.8) is 0 Å². The minimum atomic E-state index is -0.171. The maximum absolute atomic E-state index is 11.6. The normalized spacial score (nSPS) is 17.1. The highest BCUT2D eigenvalue weighted by atomic mass is 16.5. The third-order valence-electron chi connectivity index (χ3n) is 3.75. The summed E-state index contributed by atoms with van der Waals surface area (Å²) < 4.78 is 11.8. The largest absolute Gasteiger partial charge is 0.497 e. The Morgan fingerprint density at radius 2 is 2.05 bits per heavy atom. The van der Waals surface area contributed by atoms with Crippen LogP contribution in [0.5, 0.6) is 5.75 Å². The van der Waals surface area contributed by atoms with E-state index in [4.69, 9.17) is 9.47 Å². The molecule has 1 aromatic carbocycles. The lowest BCUT2D eigenvalue weighted by Gasteiger charge is -2.19. The maximum Gasteiger partial charge on any atom is 0.309 e. The van der Waals surface area contributed by atoms with E-state index in [1.807, 2.05) is 28.9 Å². The van der Waals surface area contributed by atoms with Crippen molar-refractivity contribution in [2.24, 2.45) is 5.92 Å². The highest BCUT2D eigenvalue weighted by molar-refractivity contribution is 5.72. The molecule has 0 fully saturated rings. The molecule has 1 atom stereocenters. The van der Waals surface area contributed by atoms with E-state index in [1.165, 1.54) is 7.11 Å². The SMILES string of the molecule is COC(=O)C1CCn2nc(-c3ccc(OC)cc3)nc2C1. The van der Waals surface area contributed by atoms with Gasteiger partial charge in [0.2, 0.25) is 0 Å². The van der Waals surface area contributed by atoms with Gasteiger partial charge in [-0.05, 0) is 30.7 Å². The molecule has 6 nitrogen and oxygen atoms in total. The Morgan fingerprint density at radius 3 is 2.71 bits per heavy atom. The molecular weight excluding hydrogens is 270 g/mol. The van der Waals surface area contributed by atoms with Crippen LogP contribution in [-0.2, 0) is 22.5 Å². The molecule has 3 rings (SSSR count). The molecule has 21 heavy (non-hydrogen) atoms. The van der Waals surface area contributed by atoms with Crippen molar-refractivity contribution in [1.29, 1.82) is 0 Å². The molecule has 6 heteroatoms. The number of nitrogens with zero attached hydrogens (tertiary/aromatic N) is 3. The van der Waals surface area contributed by atoms with Crippen LogP contribution in [0, 0.1) is 5.92 Å². The van der Waals surface area contributed by atoms with Gasteiger partial charge in [-0.1, -0.05) is 0 Å². The molecule has 0 bridgehead atoms. The van der Waals surface area contributed by atoms with Crippen LogP contribution in [0.2, 0.25) is 0 Å². The van der Waals surface area contributed by atoms with Crippen LogP contribution in [-0.4, -0.2) is 35.0 Å². The molecule has 0 saturated carbocycles. The predicted molar refractivity (Wildman–Crippen MR) is 75.8 cm³/mol. The fourth-order valence-electron chi connectivity index (χ4n) is 2.54. The number of hydrogen-bond donors (Lipinski definition) is 0. The molecule has 1 aliphatic heterocycles. The van der Waals surface area contributed by atoms with Gasteiger partial charge in [-0.2, -0.15) is 5.10 Å². The monoisotopic (exact) mass is 287 g/mol. The molecule has 0 amide bonds. The number of rotatable bonds is 3. The second kappa shape index (κ2) is 5.55. The summed E-state index contributed by atoms with van der Waals surface area (Å²) in [5, 5.41) is 4.51. The fraction of sp³-hybridized carbons (Fsp3) is 0.400. The lowest BCUT2D eigenvalue weighted by molar-refractivity contribution is -0.146. The van der Waals surface area contributed by atoms with E-state index in [0.29, 0.717) is 18.8 Å². The minimum absolute atomic E-state index is 0.115. The van der Waals surface area contributed by atoms with E-state index >= 15 is 0 Å². The number of aromatic nitrogens is 3. The number of hydrogen-bond acceptors (Lipinski definition) is 5. The number of ether oxygens (including phenoxy) is 2. The number of aryl methyl sites for hydroxylation is 1. The molecule has 0 saturated heterocycles. The average Bonchev–Trinajstić information content (AvgIpc) is 2.97. The first-order valence-electron chi connectivity index (χ1n) is 6.87. The van der Waals surface area contributed by atoms with Crippen molar-refractivity contribution in [3.8, 4) is 17.1 Å². The van der Waals surface area contributed by atoms with Crippen molar-refractivity contribution in [2.75, 3.05) is 14.2 Å². The number of esters is 1. The Balaban J connectivity index is 1.84. The molecule has 1 aliphatic rings. The molecule has 1 aromatic heterocycles. The van der Waals surface area contributed by atoms with Gasteiger partial charge in [-0.25, -0.2) is 9.67 Å². The summed E-state index contributed by atoms with van der Waals surface area (Å²) in [7, 11) is 3.06. The van der Waals surface area contributed by atoms with Gasteiger partial charge >= 0.3 is 5.97 Å². The molecule has 2 aromatic rings. The maximum atomic E-state index is 11.6. The number of carbonyl (C=O) groups is 1. The van der Waals surface area contributed by atoms with Gasteiger partial charge < -0.3 is 9.47 Å². The fourth-order valence-corrected chi connectivity index (χ4v) is 2.54. The number of carbonyl (C=O) groups excluding carboxylic acids is 1. The summed E-state index contributed by atoms with van der Waals surface area (Å²) in [5.41, 5.74) is 0.937. The second-order valence-corrected chi connectivity index (χ2v) is 5.02. The standard InChI is InChI=1S/C15H17N3O3/c1-20-12-5-3-10(4-6-12)14-16-13-9-11(15(19)21-2)7-8-18(13)17-14/h3-6,11H,7-9H2,1-2H3. The smallest absolute Gasteiger partial charge is 0.309 e. The zero-order chi connectivity index (χ0) is 14.8. The molecule has 110 valence electrons. The predicted octanol–water partition coefficient (Wildman–Crippen LogP) is 1.69. The molecule has 0 N–H and O–H groups in total. The van der Waals surface area contributed by atoms with Gasteiger partial charge in [0.1, 0.15) is 11.6 Å². The second-order valence-electron chi connectivity index (χ2n) is 5.02. The van der Waals surface area contributed by atoms with Gasteiger partial charge in [0.25, 0.3) is 0 Å². The van der Waals surface area contributed by atoms with Gasteiger partial charge in [0, 0.05) is 18.5 Å². The van der Waals surface area contributed by atoms with E-state index in [1.54, 1.807) is 7.11 Å². The summed E-state index contributed by atoms with van der Waals surface area (Å²) in [5.74, 6) is 2.03. The van der Waals surface area contributed by atoms with Crippen molar-refractivity contribution >= 4 is 5.97 Å². The van der Waals surface area contributed by atoms with Crippen molar-refractivity contribution < 1.29 is 14.3 Å². The molecule has 0 aliphatic carbocycles. The molecule has 1 unspecified atom stereocenters. The molecule has 0 spiro atoms. The van der Waals surface area contributed by atoms with Gasteiger partial charge in [0.05, 0.1) is 20.1 Å². The third-order valence-corrected chi connectivity index (χ3v) is 3.75. The van der Waals surface area contributed by atoms with Gasteiger partial charge in [0.15, 0.2) is 5.82 Å². The van der Waals surface area contributed by atoms with E-state index in [9.17, 15) is 4.79 Å². The van der Waals surface area contributed by atoms with Crippen LogP contribution in [0.1, 0.15) is 12.2 Å². The molecule has 0 radical (unpaired) electrons. The Hall–Kier alpha value is -2.37. The number of fused-ring (bicyclic) bond motifs is 1. The first kappa shape index (κ1) is 13.6. The quantitative estimate of drug-likeness (QED) is 0.804. The topological polar surface area (TPSA) is 66.2 Å². The van der Waals surface area contributed by atoms with E-state index < -0.39 is 0 Å². The van der Waals surface area contributed by atoms with Crippen molar-refractivity contribution in [3.05, 3.63) is 30.1 Å². The van der Waals surface area contributed by atoms with Crippen LogP contribution >= 0.6 is 0 Å². The highest BCUT2D eigenvalue weighted by Crippen LogP contribution is 2.24. The molecule has 2 heterocycles. The summed E-state index contributed by atoms with van der Waals surface area (Å²) in [6.07, 6.45) is 1.32. The van der Waals surface area contributed by atoms with E-state index in [2.05, 4.69) is 10.1 Å². The summed E-state index contributed by atoms with van der Waals surface area (Å²) in [4.78, 5) is 16.2. The highest BCUT2D eigenvalue weighted by Gasteiger charge is 2.27. The van der Waals surface area contributed by atoms with Crippen LogP contribution in [0.3, 0.4) is 0 Å². The first-order chi connectivity index (χ1) is 10.2. The number of methoxy groups -OCH3 is 2. The zero-order valence-electron chi connectivity index (χ0n) is 12.1. The lowest BCUT2D eigenvalue weighted by atomic mass is 9.98. The minimum Gasteiger partial charge on any atom is -0.497 e. The van der Waals surface area contributed by atoms with Crippen LogP contribution < -0.4 is 4.74 Å². The lowest BCUT2D eigenvalue weighted by Crippen LogP contribution is -2.27. The van der Waals surface area contributed by atoms with Crippen LogP contribution in [0.4, 0.5) is 0 Å². The Bertz CT molecular complexity index is 649. The van der Waals surface area contributed by atoms with Crippen LogP contribution in [0.15, 0.2) is 24.3 Å². The zero-order valence-corrected chi connectivity index (χ0v) is 12.1. The Labute approximate surface area is 122 Å². The summed E-state index contributed by atoms with van der Waals surface area (Å²) in [6.45, 7) is 0.693. The third kappa shape index (κ3) is 2.61. The molecular formula is C15H17N3O3. The van der Waals surface area contributed by atoms with Crippen molar-refractivity contribution in [1.82, 2.24) is 14.8 Å². The van der Waals surface area contributed by atoms with Gasteiger partial charge in [-0.15, -0.1) is 0 Å². The van der Waals surface area contributed by atoms with E-state index in [-0.39, 0.29) is 11.9 Å². The number of benzene rings is 1.